The van der Waals surface area contributed by atoms with Crippen LogP contribution in [0.2, 0.25) is 6.82 Å². The van der Waals surface area contributed by atoms with E-state index in [1.165, 1.54) is 77.0 Å². The fraction of sp³-hybridized carbons (Fsp3) is 0.310. The van der Waals surface area contributed by atoms with Gasteiger partial charge in [0.2, 0.25) is 6.71 Å². The van der Waals surface area contributed by atoms with Crippen LogP contribution in [-0.4, -0.2) is 6.71 Å². The topological polar surface area (TPSA) is 0 Å². The second-order valence-electron chi connectivity index (χ2n) is 9.26. The van der Waals surface area contributed by atoms with Gasteiger partial charge in [-0.2, -0.15) is 0 Å². The van der Waals surface area contributed by atoms with Crippen LogP contribution in [0.4, 0.5) is 0 Å². The lowest BCUT2D eigenvalue weighted by molar-refractivity contribution is 1.25. The average molecular weight is 392 g/mol. The predicted molar refractivity (Wildman–Crippen MR) is 137 cm³/mol. The van der Waals surface area contributed by atoms with Gasteiger partial charge in [0.05, 0.1) is 0 Å². The molecule has 0 aliphatic heterocycles. The van der Waals surface area contributed by atoms with Gasteiger partial charge in [-0.15, -0.1) is 0 Å². The Balaban J connectivity index is 2.08. The normalized spacial score (nSPS) is 11.5. The van der Waals surface area contributed by atoms with Crippen molar-refractivity contribution in [1.82, 2.24) is 0 Å². The standard InChI is InChI=1S/C29H33B/c1-16-18(3)22(7)28-24(20(16)5)12-10-14-26(28)30(9)27-15-11-13-25-21(6)17(2)19(4)23(8)29(25)27/h10-15H,1-9H3. The zero-order valence-electron chi connectivity index (χ0n) is 20.0. The summed E-state index contributed by atoms with van der Waals surface area (Å²) in [6.07, 6.45) is 0. The van der Waals surface area contributed by atoms with Crippen molar-refractivity contribution in [2.24, 2.45) is 0 Å². The minimum atomic E-state index is 0.331. The lowest BCUT2D eigenvalue weighted by Crippen LogP contribution is -2.40. The molecule has 0 bridgehead atoms. The molecular formula is C29H33B. The summed E-state index contributed by atoms with van der Waals surface area (Å²) in [7, 11) is 0. The van der Waals surface area contributed by atoms with Crippen molar-refractivity contribution in [1.29, 1.82) is 0 Å². The quantitative estimate of drug-likeness (QED) is 0.333. The van der Waals surface area contributed by atoms with Crippen LogP contribution in [0, 0.1) is 55.4 Å². The maximum absolute atomic E-state index is 2.39. The molecule has 0 nitrogen and oxygen atoms in total. The summed E-state index contributed by atoms with van der Waals surface area (Å²) in [5, 5.41) is 5.70. The zero-order valence-corrected chi connectivity index (χ0v) is 20.0. The van der Waals surface area contributed by atoms with Gasteiger partial charge in [-0.25, -0.2) is 0 Å². The molecule has 0 unspecified atom stereocenters. The summed E-state index contributed by atoms with van der Waals surface area (Å²) in [5.41, 5.74) is 14.3. The Bertz CT molecular complexity index is 1220. The van der Waals surface area contributed by atoms with Gasteiger partial charge in [-0.1, -0.05) is 54.1 Å². The number of hydrogen-bond donors (Lipinski definition) is 0. The molecule has 1 heteroatoms. The molecule has 0 saturated heterocycles. The van der Waals surface area contributed by atoms with Crippen molar-refractivity contribution in [2.45, 2.75) is 62.2 Å². The second kappa shape index (κ2) is 7.31. The number of aryl methyl sites for hydroxylation is 4. The molecule has 0 fully saturated rings. The first kappa shape index (κ1) is 20.7. The van der Waals surface area contributed by atoms with E-state index in [2.05, 4.69) is 98.6 Å². The first-order valence-corrected chi connectivity index (χ1v) is 11.1. The molecule has 0 saturated carbocycles. The molecule has 4 aromatic rings. The molecule has 0 amide bonds. The largest absolute Gasteiger partial charge is 0.207 e. The molecule has 0 N–H and O–H groups in total. The monoisotopic (exact) mass is 392 g/mol. The Morgan fingerprint density at radius 3 is 1.13 bits per heavy atom. The lowest BCUT2D eigenvalue weighted by Gasteiger charge is -2.22. The SMILES string of the molecule is CB(c1cccc2c(C)c(C)c(C)c(C)c12)c1cccc2c(C)c(C)c(C)c(C)c12. The fourth-order valence-electron chi connectivity index (χ4n) is 5.40. The Labute approximate surface area is 182 Å². The van der Waals surface area contributed by atoms with Gasteiger partial charge in [0.25, 0.3) is 0 Å². The molecule has 0 aliphatic carbocycles. The van der Waals surface area contributed by atoms with Crippen molar-refractivity contribution >= 4 is 39.2 Å². The van der Waals surface area contributed by atoms with Crippen LogP contribution in [0.15, 0.2) is 36.4 Å². The minimum Gasteiger partial charge on any atom is -0.0774 e. The van der Waals surface area contributed by atoms with Crippen molar-refractivity contribution < 1.29 is 0 Å². The smallest absolute Gasteiger partial charge is 0.0774 e. The summed E-state index contributed by atoms with van der Waals surface area (Å²) in [6, 6.07) is 13.8. The van der Waals surface area contributed by atoms with Gasteiger partial charge >= 0.3 is 0 Å². The van der Waals surface area contributed by atoms with Crippen LogP contribution in [0.3, 0.4) is 0 Å². The summed E-state index contributed by atoms with van der Waals surface area (Å²) in [5.74, 6) is 0. The minimum absolute atomic E-state index is 0.331. The first-order chi connectivity index (χ1) is 14.2. The fourth-order valence-corrected chi connectivity index (χ4v) is 5.40. The van der Waals surface area contributed by atoms with Crippen LogP contribution in [-0.2, 0) is 0 Å². The van der Waals surface area contributed by atoms with E-state index in [-0.39, 0.29) is 0 Å². The second-order valence-corrected chi connectivity index (χ2v) is 9.26. The molecule has 0 aliphatic rings. The van der Waals surface area contributed by atoms with E-state index in [0.717, 1.165) is 0 Å². The van der Waals surface area contributed by atoms with Gasteiger partial charge in [-0.3, -0.25) is 0 Å². The van der Waals surface area contributed by atoms with Crippen molar-refractivity contribution in [3.63, 3.8) is 0 Å². The van der Waals surface area contributed by atoms with Gasteiger partial charge in [0.15, 0.2) is 0 Å². The van der Waals surface area contributed by atoms with Gasteiger partial charge in [0, 0.05) is 0 Å². The van der Waals surface area contributed by atoms with E-state index < -0.39 is 0 Å². The molecule has 152 valence electrons. The third-order valence-electron chi connectivity index (χ3n) is 8.06. The Morgan fingerprint density at radius 1 is 0.433 bits per heavy atom. The Hall–Kier alpha value is -2.54. The van der Waals surface area contributed by atoms with Gasteiger partial charge < -0.3 is 0 Å². The van der Waals surface area contributed by atoms with Crippen molar-refractivity contribution in [2.75, 3.05) is 0 Å². The third kappa shape index (κ3) is 2.82. The highest BCUT2D eigenvalue weighted by atomic mass is 14.2. The molecule has 0 radical (unpaired) electrons. The summed E-state index contributed by atoms with van der Waals surface area (Å²) < 4.78 is 0. The van der Waals surface area contributed by atoms with Crippen molar-refractivity contribution in [3.8, 4) is 0 Å². The van der Waals surface area contributed by atoms with E-state index in [9.17, 15) is 0 Å². The lowest BCUT2D eigenvalue weighted by atomic mass is 9.41. The Kier molecular flexibility index (Phi) is 5.05. The molecule has 0 spiro atoms. The maximum atomic E-state index is 2.39. The number of benzene rings is 4. The highest BCUT2D eigenvalue weighted by molar-refractivity contribution is 6.87. The third-order valence-corrected chi connectivity index (χ3v) is 8.06. The molecule has 30 heavy (non-hydrogen) atoms. The van der Waals surface area contributed by atoms with Crippen LogP contribution >= 0.6 is 0 Å². The van der Waals surface area contributed by atoms with Gasteiger partial charge in [-0.05, 0) is 121 Å². The first-order valence-electron chi connectivity index (χ1n) is 11.1. The maximum Gasteiger partial charge on any atom is 0.207 e. The van der Waals surface area contributed by atoms with Crippen molar-refractivity contribution in [3.05, 3.63) is 80.9 Å². The van der Waals surface area contributed by atoms with Gasteiger partial charge in [0.1, 0.15) is 0 Å². The Morgan fingerprint density at radius 2 is 0.767 bits per heavy atom. The van der Waals surface area contributed by atoms with E-state index in [1.54, 1.807) is 0 Å². The summed E-state index contributed by atoms with van der Waals surface area (Å²) in [6.45, 7) is 20.9. The van der Waals surface area contributed by atoms with Crippen LogP contribution < -0.4 is 10.9 Å². The van der Waals surface area contributed by atoms with E-state index in [1.807, 2.05) is 0 Å². The number of rotatable bonds is 2. The average Bonchev–Trinajstić information content (AvgIpc) is 2.76. The highest BCUT2D eigenvalue weighted by Gasteiger charge is 2.22. The number of hydrogen-bond acceptors (Lipinski definition) is 0. The predicted octanol–water partition coefficient (Wildman–Crippen LogP) is 6.70. The molecule has 4 aromatic carbocycles. The summed E-state index contributed by atoms with van der Waals surface area (Å²) >= 11 is 0. The molecule has 0 atom stereocenters. The summed E-state index contributed by atoms with van der Waals surface area (Å²) in [4.78, 5) is 0. The molecular weight excluding hydrogens is 359 g/mol. The van der Waals surface area contributed by atoms with Crippen LogP contribution in [0.25, 0.3) is 21.5 Å². The van der Waals surface area contributed by atoms with E-state index in [4.69, 9.17) is 0 Å². The van der Waals surface area contributed by atoms with E-state index >= 15 is 0 Å². The highest BCUT2D eigenvalue weighted by Crippen LogP contribution is 2.30. The number of fused-ring (bicyclic) bond motifs is 2. The molecule has 4 rings (SSSR count). The molecule has 0 aromatic heterocycles. The zero-order chi connectivity index (χ0) is 21.9. The van der Waals surface area contributed by atoms with E-state index in [0.29, 0.717) is 6.71 Å². The van der Waals surface area contributed by atoms with Crippen LogP contribution in [0.5, 0.6) is 0 Å². The van der Waals surface area contributed by atoms with Crippen LogP contribution in [0.1, 0.15) is 44.5 Å². The molecule has 0 heterocycles.